The summed E-state index contributed by atoms with van der Waals surface area (Å²) >= 11 is 0. The van der Waals surface area contributed by atoms with Gasteiger partial charge in [-0.2, -0.15) is 0 Å². The summed E-state index contributed by atoms with van der Waals surface area (Å²) in [5.41, 5.74) is 3.97. The molecule has 2 N–H and O–H groups in total. The fourth-order valence-electron chi connectivity index (χ4n) is 4.51. The van der Waals surface area contributed by atoms with Gasteiger partial charge < -0.3 is 5.32 Å². The first-order valence-electron chi connectivity index (χ1n) is 12.5. The number of aromatic nitrogens is 2. The third-order valence-electron chi connectivity index (χ3n) is 6.65. The molecule has 4 rings (SSSR count). The Kier molecular flexibility index (Phi) is 8.18. The van der Waals surface area contributed by atoms with E-state index < -0.39 is 6.04 Å². The average molecular weight is 483 g/mol. The van der Waals surface area contributed by atoms with Crippen LogP contribution in [0.1, 0.15) is 42.6 Å². The van der Waals surface area contributed by atoms with E-state index in [-0.39, 0.29) is 17.5 Å². The van der Waals surface area contributed by atoms with Crippen molar-refractivity contribution in [1.82, 2.24) is 14.7 Å². The molecule has 0 fully saturated rings. The van der Waals surface area contributed by atoms with Crippen LogP contribution in [0.15, 0.2) is 95.8 Å². The van der Waals surface area contributed by atoms with Crippen molar-refractivity contribution in [1.29, 1.82) is 0 Å². The molecular formula is C30H34N4O2. The maximum Gasteiger partial charge on any atom is 0.295 e. The monoisotopic (exact) mass is 482 g/mol. The second-order valence-electron chi connectivity index (χ2n) is 9.16. The molecule has 0 aliphatic rings. The molecule has 1 heterocycles. The topological polar surface area (TPSA) is 68.1 Å². The molecule has 0 saturated heterocycles. The first-order chi connectivity index (χ1) is 17.5. The molecule has 2 atom stereocenters. The molecule has 36 heavy (non-hydrogen) atoms. The SMILES string of the molecule is Cc1c(NC(=O)[C@H](C)N[C@@H](CCCc2ccccc2)c2ccccc2)c(=O)n(-c2ccccc2)n1C. The van der Waals surface area contributed by atoms with Crippen LogP contribution in [0.25, 0.3) is 5.69 Å². The fraction of sp³-hybridized carbons (Fsp3) is 0.267. The molecule has 0 aliphatic carbocycles. The minimum atomic E-state index is -0.490. The maximum absolute atomic E-state index is 13.2. The summed E-state index contributed by atoms with van der Waals surface area (Å²) in [6.07, 6.45) is 2.86. The Balaban J connectivity index is 1.47. The normalized spacial score (nSPS) is 12.8. The van der Waals surface area contributed by atoms with Gasteiger partial charge in [-0.3, -0.25) is 19.6 Å². The number of amides is 1. The lowest BCUT2D eigenvalue weighted by Crippen LogP contribution is -2.41. The summed E-state index contributed by atoms with van der Waals surface area (Å²) in [5, 5.41) is 6.40. The van der Waals surface area contributed by atoms with Crippen molar-refractivity contribution in [3.63, 3.8) is 0 Å². The van der Waals surface area contributed by atoms with Crippen molar-refractivity contribution in [2.75, 3.05) is 5.32 Å². The maximum atomic E-state index is 13.2. The van der Waals surface area contributed by atoms with Crippen molar-refractivity contribution in [3.8, 4) is 5.69 Å². The first kappa shape index (κ1) is 25.2. The molecular weight excluding hydrogens is 448 g/mol. The zero-order valence-electron chi connectivity index (χ0n) is 21.1. The summed E-state index contributed by atoms with van der Waals surface area (Å²) in [7, 11) is 1.82. The van der Waals surface area contributed by atoms with E-state index in [0.29, 0.717) is 11.4 Å². The molecule has 0 unspecified atom stereocenters. The van der Waals surface area contributed by atoms with Crippen molar-refractivity contribution in [2.24, 2.45) is 7.05 Å². The highest BCUT2D eigenvalue weighted by molar-refractivity contribution is 5.95. The van der Waals surface area contributed by atoms with Gasteiger partial charge in [0.2, 0.25) is 5.91 Å². The number of carbonyl (C=O) groups excluding carboxylic acids is 1. The van der Waals surface area contributed by atoms with E-state index in [4.69, 9.17) is 0 Å². The molecule has 1 amide bonds. The van der Waals surface area contributed by atoms with Gasteiger partial charge in [0, 0.05) is 13.1 Å². The third-order valence-corrected chi connectivity index (χ3v) is 6.65. The summed E-state index contributed by atoms with van der Waals surface area (Å²) in [5.74, 6) is -0.231. The molecule has 0 radical (unpaired) electrons. The lowest BCUT2D eigenvalue weighted by atomic mass is 9.98. The number of anilines is 1. The second kappa shape index (κ2) is 11.7. The van der Waals surface area contributed by atoms with E-state index in [0.717, 1.165) is 30.5 Å². The number of nitrogens with zero attached hydrogens (tertiary/aromatic N) is 2. The molecule has 6 nitrogen and oxygen atoms in total. The highest BCUT2D eigenvalue weighted by atomic mass is 16.2. The minimum Gasteiger partial charge on any atom is -0.319 e. The van der Waals surface area contributed by atoms with Gasteiger partial charge in [0.15, 0.2) is 0 Å². The molecule has 0 saturated carbocycles. The van der Waals surface area contributed by atoms with Gasteiger partial charge in [-0.25, -0.2) is 4.68 Å². The molecule has 186 valence electrons. The average Bonchev–Trinajstić information content (AvgIpc) is 3.12. The number of para-hydroxylation sites is 1. The van der Waals surface area contributed by atoms with Crippen molar-refractivity contribution >= 4 is 11.6 Å². The molecule has 1 aromatic heterocycles. The Morgan fingerprint density at radius 2 is 1.47 bits per heavy atom. The molecule has 0 aliphatic heterocycles. The number of aryl methyl sites for hydroxylation is 1. The largest absolute Gasteiger partial charge is 0.319 e. The molecule has 4 aromatic rings. The number of rotatable bonds is 10. The van der Waals surface area contributed by atoms with Crippen LogP contribution in [0.2, 0.25) is 0 Å². The van der Waals surface area contributed by atoms with Gasteiger partial charge in [-0.05, 0) is 56.4 Å². The Bertz CT molecular complexity index is 1330. The summed E-state index contributed by atoms with van der Waals surface area (Å²) in [6.45, 7) is 3.68. The first-order valence-corrected chi connectivity index (χ1v) is 12.5. The van der Waals surface area contributed by atoms with Crippen LogP contribution < -0.4 is 16.2 Å². The summed E-state index contributed by atoms with van der Waals surface area (Å²) < 4.78 is 3.33. The number of benzene rings is 3. The van der Waals surface area contributed by atoms with E-state index in [2.05, 4.69) is 47.0 Å². The number of carbonyl (C=O) groups is 1. The molecule has 0 bridgehead atoms. The van der Waals surface area contributed by atoms with E-state index in [9.17, 15) is 9.59 Å². The van der Waals surface area contributed by atoms with Gasteiger partial charge in [-0.1, -0.05) is 78.9 Å². The number of nitrogens with one attached hydrogen (secondary N) is 2. The van der Waals surface area contributed by atoms with Gasteiger partial charge in [0.05, 0.1) is 17.4 Å². The van der Waals surface area contributed by atoms with Crippen LogP contribution in [-0.2, 0) is 18.3 Å². The van der Waals surface area contributed by atoms with Crippen LogP contribution in [0.4, 0.5) is 5.69 Å². The number of hydrogen-bond acceptors (Lipinski definition) is 3. The zero-order chi connectivity index (χ0) is 25.5. The van der Waals surface area contributed by atoms with E-state index in [1.165, 1.54) is 5.56 Å². The minimum absolute atomic E-state index is 0.0218. The van der Waals surface area contributed by atoms with Crippen molar-refractivity contribution in [2.45, 2.75) is 45.2 Å². The third kappa shape index (κ3) is 5.83. The number of hydrogen-bond donors (Lipinski definition) is 2. The molecule has 0 spiro atoms. The lowest BCUT2D eigenvalue weighted by molar-refractivity contribution is -0.118. The van der Waals surface area contributed by atoms with Crippen LogP contribution in [0.5, 0.6) is 0 Å². The Morgan fingerprint density at radius 1 is 0.889 bits per heavy atom. The van der Waals surface area contributed by atoms with E-state index in [1.807, 2.05) is 75.5 Å². The molecule has 6 heteroatoms. The van der Waals surface area contributed by atoms with Crippen LogP contribution in [0, 0.1) is 6.92 Å². The van der Waals surface area contributed by atoms with Crippen molar-refractivity contribution in [3.05, 3.63) is 118 Å². The summed E-state index contributed by atoms with van der Waals surface area (Å²) in [4.78, 5) is 26.4. The van der Waals surface area contributed by atoms with Gasteiger partial charge in [0.1, 0.15) is 5.69 Å². The standard InChI is InChI=1S/C30H34N4O2/c1-22(29(35)32-28-23(2)33(3)34(30(28)36)26-19-11-6-12-20-26)31-27(25-17-9-5-10-18-25)21-13-16-24-14-7-4-8-15-24/h4-12,14-15,17-20,22,27,31H,13,16,21H2,1-3H3,(H,32,35)/t22-,27-/m0/s1. The van der Waals surface area contributed by atoms with Gasteiger partial charge in [-0.15, -0.1) is 0 Å². The second-order valence-corrected chi connectivity index (χ2v) is 9.16. The predicted octanol–water partition coefficient (Wildman–Crippen LogP) is 5.17. The lowest BCUT2D eigenvalue weighted by Gasteiger charge is -2.23. The predicted molar refractivity (Wildman–Crippen MR) is 146 cm³/mol. The Morgan fingerprint density at radius 3 is 2.11 bits per heavy atom. The Labute approximate surface area is 212 Å². The highest BCUT2D eigenvalue weighted by Gasteiger charge is 2.23. The quantitative estimate of drug-likeness (QED) is 0.328. The zero-order valence-corrected chi connectivity index (χ0v) is 21.1. The summed E-state index contributed by atoms with van der Waals surface area (Å²) in [6, 6.07) is 29.6. The highest BCUT2D eigenvalue weighted by Crippen LogP contribution is 2.21. The molecule has 3 aromatic carbocycles. The van der Waals surface area contributed by atoms with Crippen LogP contribution >= 0.6 is 0 Å². The van der Waals surface area contributed by atoms with Crippen LogP contribution in [0.3, 0.4) is 0 Å². The Hall–Kier alpha value is -3.90. The van der Waals surface area contributed by atoms with Crippen LogP contribution in [-0.4, -0.2) is 21.3 Å². The van der Waals surface area contributed by atoms with Crippen molar-refractivity contribution < 1.29 is 4.79 Å². The smallest absolute Gasteiger partial charge is 0.295 e. The fourth-order valence-corrected chi connectivity index (χ4v) is 4.51. The van der Waals surface area contributed by atoms with E-state index >= 15 is 0 Å². The van der Waals surface area contributed by atoms with E-state index in [1.54, 1.807) is 9.36 Å². The van der Waals surface area contributed by atoms with Gasteiger partial charge in [0.25, 0.3) is 5.56 Å². The van der Waals surface area contributed by atoms with Gasteiger partial charge >= 0.3 is 0 Å².